The molecule has 116 valence electrons. The van der Waals surface area contributed by atoms with Crippen molar-refractivity contribution in [2.75, 3.05) is 18.4 Å². The van der Waals surface area contributed by atoms with E-state index >= 15 is 0 Å². The molecule has 1 aromatic rings. The van der Waals surface area contributed by atoms with E-state index in [2.05, 4.69) is 10.1 Å². The fraction of sp³-hybridized carbons (Fsp3) is 0.500. The number of hydrogen-bond acceptors (Lipinski definition) is 3. The fourth-order valence-corrected chi connectivity index (χ4v) is 2.33. The van der Waals surface area contributed by atoms with Gasteiger partial charge in [-0.1, -0.05) is 0 Å². The number of alkyl halides is 3. The van der Waals surface area contributed by atoms with Gasteiger partial charge in [-0.05, 0) is 37.1 Å². The molecule has 0 aromatic heterocycles. The molecule has 1 N–H and O–H groups in total. The Bertz CT molecular complexity index is 480. The van der Waals surface area contributed by atoms with Gasteiger partial charge in [-0.25, -0.2) is 0 Å². The van der Waals surface area contributed by atoms with Gasteiger partial charge in [0, 0.05) is 31.7 Å². The number of halogens is 3. The van der Waals surface area contributed by atoms with Crippen LogP contribution >= 0.6 is 0 Å². The lowest BCUT2D eigenvalue weighted by molar-refractivity contribution is -0.274. The van der Waals surface area contributed by atoms with Crippen molar-refractivity contribution in [2.24, 2.45) is 0 Å². The summed E-state index contributed by atoms with van der Waals surface area (Å²) in [6.45, 7) is 2.94. The van der Waals surface area contributed by atoms with Gasteiger partial charge in [-0.3, -0.25) is 4.79 Å². The molecule has 0 unspecified atom stereocenters. The average molecular weight is 302 g/mol. The number of hydrogen-bond donors (Lipinski definition) is 1. The molecule has 1 aromatic carbocycles. The Hall–Kier alpha value is -1.92. The van der Waals surface area contributed by atoms with Gasteiger partial charge in [0.25, 0.3) is 0 Å². The molecule has 0 bridgehead atoms. The first-order valence-corrected chi connectivity index (χ1v) is 6.71. The van der Waals surface area contributed by atoms with Crippen LogP contribution in [0.3, 0.4) is 0 Å². The number of likely N-dealkylation sites (tertiary alicyclic amines) is 1. The third-order valence-electron chi connectivity index (χ3n) is 3.40. The average Bonchev–Trinajstić information content (AvgIpc) is 2.40. The van der Waals surface area contributed by atoms with Gasteiger partial charge in [0.15, 0.2) is 0 Å². The van der Waals surface area contributed by atoms with Crippen molar-refractivity contribution in [3.8, 4) is 5.75 Å². The maximum Gasteiger partial charge on any atom is 0.573 e. The van der Waals surface area contributed by atoms with Crippen molar-refractivity contribution < 1.29 is 22.7 Å². The molecule has 0 spiro atoms. The van der Waals surface area contributed by atoms with Crippen molar-refractivity contribution in [1.29, 1.82) is 0 Å². The topological polar surface area (TPSA) is 41.6 Å². The summed E-state index contributed by atoms with van der Waals surface area (Å²) in [4.78, 5) is 13.0. The van der Waals surface area contributed by atoms with E-state index in [0.29, 0.717) is 13.1 Å². The van der Waals surface area contributed by atoms with Crippen LogP contribution in [0.1, 0.15) is 19.8 Å². The monoisotopic (exact) mass is 302 g/mol. The van der Waals surface area contributed by atoms with Crippen LogP contribution in [-0.4, -0.2) is 36.3 Å². The van der Waals surface area contributed by atoms with E-state index in [1.807, 2.05) is 0 Å². The molecule has 1 saturated heterocycles. The van der Waals surface area contributed by atoms with Gasteiger partial charge in [-0.2, -0.15) is 0 Å². The number of benzene rings is 1. The number of nitrogens with zero attached hydrogens (tertiary/aromatic N) is 1. The summed E-state index contributed by atoms with van der Waals surface area (Å²) in [5.74, 6) is -0.165. The van der Waals surface area contributed by atoms with Crippen LogP contribution < -0.4 is 10.1 Å². The zero-order valence-electron chi connectivity index (χ0n) is 11.6. The van der Waals surface area contributed by atoms with E-state index in [0.717, 1.165) is 18.5 Å². The molecule has 0 radical (unpaired) electrons. The molecule has 21 heavy (non-hydrogen) atoms. The molecule has 0 saturated carbocycles. The van der Waals surface area contributed by atoms with Crippen LogP contribution in [0.25, 0.3) is 0 Å². The van der Waals surface area contributed by atoms with E-state index in [-0.39, 0.29) is 17.7 Å². The maximum atomic E-state index is 12.0. The van der Waals surface area contributed by atoms with Gasteiger partial charge < -0.3 is 15.0 Å². The van der Waals surface area contributed by atoms with Crippen LogP contribution in [0.4, 0.5) is 18.9 Å². The highest BCUT2D eigenvalue weighted by Gasteiger charge is 2.31. The van der Waals surface area contributed by atoms with Crippen LogP contribution in [0, 0.1) is 0 Å². The molecular formula is C14H17F3N2O2. The van der Waals surface area contributed by atoms with Crippen molar-refractivity contribution >= 4 is 11.6 Å². The number of carbonyl (C=O) groups excluding carboxylic acids is 1. The minimum Gasteiger partial charge on any atom is -0.406 e. The van der Waals surface area contributed by atoms with Crippen LogP contribution in [0.2, 0.25) is 0 Å². The molecular weight excluding hydrogens is 285 g/mol. The van der Waals surface area contributed by atoms with Gasteiger partial charge >= 0.3 is 6.36 Å². The van der Waals surface area contributed by atoms with Crippen LogP contribution in [-0.2, 0) is 4.79 Å². The fourth-order valence-electron chi connectivity index (χ4n) is 2.33. The predicted octanol–water partition coefficient (Wildman–Crippen LogP) is 3.01. The second-order valence-electron chi connectivity index (χ2n) is 5.00. The van der Waals surface area contributed by atoms with Gasteiger partial charge in [0.2, 0.25) is 5.91 Å². The quantitative estimate of drug-likeness (QED) is 0.933. The largest absolute Gasteiger partial charge is 0.573 e. The lowest BCUT2D eigenvalue weighted by Crippen LogP contribution is -2.41. The normalized spacial score (nSPS) is 16.7. The number of anilines is 1. The number of rotatable bonds is 3. The lowest BCUT2D eigenvalue weighted by Gasteiger charge is -2.32. The zero-order chi connectivity index (χ0) is 15.5. The lowest BCUT2D eigenvalue weighted by atomic mass is 10.0. The molecule has 1 aliphatic rings. The van der Waals surface area contributed by atoms with Gasteiger partial charge in [0.1, 0.15) is 5.75 Å². The first kappa shape index (κ1) is 15.5. The molecule has 7 heteroatoms. The summed E-state index contributed by atoms with van der Waals surface area (Å²) >= 11 is 0. The number of piperidine rings is 1. The summed E-state index contributed by atoms with van der Waals surface area (Å²) in [5, 5.41) is 3.26. The van der Waals surface area contributed by atoms with Crippen LogP contribution in [0.15, 0.2) is 24.3 Å². The zero-order valence-corrected chi connectivity index (χ0v) is 11.6. The third kappa shape index (κ3) is 4.84. The molecule has 0 aliphatic carbocycles. The molecule has 1 fully saturated rings. The molecule has 2 rings (SSSR count). The summed E-state index contributed by atoms with van der Waals surface area (Å²) in [6.07, 6.45) is -3.03. The summed E-state index contributed by atoms with van der Waals surface area (Å²) in [7, 11) is 0. The summed E-state index contributed by atoms with van der Waals surface area (Å²) in [6, 6.07) is 5.88. The van der Waals surface area contributed by atoms with E-state index in [1.54, 1.807) is 24.0 Å². The molecule has 1 heterocycles. The maximum absolute atomic E-state index is 12.0. The second-order valence-corrected chi connectivity index (χ2v) is 5.00. The van der Waals surface area contributed by atoms with Gasteiger partial charge in [-0.15, -0.1) is 13.2 Å². The number of amides is 1. The standard InChI is InChI=1S/C14H17F3N2O2/c1-10(20)19-8-6-12(7-9-19)18-11-2-4-13(5-3-11)21-14(15,16)17/h2-5,12,18H,6-9H2,1H3. The van der Waals surface area contributed by atoms with Crippen molar-refractivity contribution in [1.82, 2.24) is 4.90 Å². The molecule has 1 amide bonds. The minimum atomic E-state index is -4.67. The number of nitrogens with one attached hydrogen (secondary N) is 1. The smallest absolute Gasteiger partial charge is 0.406 e. The Labute approximate surface area is 120 Å². The van der Waals surface area contributed by atoms with Crippen molar-refractivity contribution in [3.63, 3.8) is 0 Å². The second kappa shape index (κ2) is 6.24. The molecule has 1 aliphatic heterocycles. The third-order valence-corrected chi connectivity index (χ3v) is 3.40. The SMILES string of the molecule is CC(=O)N1CCC(Nc2ccc(OC(F)(F)F)cc2)CC1. The Morgan fingerprint density at radius 2 is 1.81 bits per heavy atom. The Balaban J connectivity index is 1.85. The summed E-state index contributed by atoms with van der Waals surface area (Å²) in [5.41, 5.74) is 0.741. The number of ether oxygens (including phenoxy) is 1. The van der Waals surface area contributed by atoms with E-state index in [1.165, 1.54) is 12.1 Å². The van der Waals surface area contributed by atoms with E-state index in [4.69, 9.17) is 0 Å². The first-order chi connectivity index (χ1) is 9.83. The van der Waals surface area contributed by atoms with Gasteiger partial charge in [0.05, 0.1) is 0 Å². The van der Waals surface area contributed by atoms with Crippen molar-refractivity contribution in [2.45, 2.75) is 32.2 Å². The molecule has 0 atom stereocenters. The Morgan fingerprint density at radius 3 is 2.29 bits per heavy atom. The Kier molecular flexibility index (Phi) is 4.59. The first-order valence-electron chi connectivity index (χ1n) is 6.71. The van der Waals surface area contributed by atoms with Crippen LogP contribution in [0.5, 0.6) is 5.75 Å². The molecule has 4 nitrogen and oxygen atoms in total. The highest BCUT2D eigenvalue weighted by molar-refractivity contribution is 5.73. The predicted molar refractivity (Wildman–Crippen MR) is 72.0 cm³/mol. The van der Waals surface area contributed by atoms with E-state index < -0.39 is 6.36 Å². The Morgan fingerprint density at radius 1 is 1.24 bits per heavy atom. The minimum absolute atomic E-state index is 0.0714. The highest BCUT2D eigenvalue weighted by Crippen LogP contribution is 2.25. The summed E-state index contributed by atoms with van der Waals surface area (Å²) < 4.78 is 40.0. The number of carbonyl (C=O) groups is 1. The van der Waals surface area contributed by atoms with E-state index in [9.17, 15) is 18.0 Å². The highest BCUT2D eigenvalue weighted by atomic mass is 19.4. The van der Waals surface area contributed by atoms with Crippen molar-refractivity contribution in [3.05, 3.63) is 24.3 Å².